The van der Waals surface area contributed by atoms with Gasteiger partial charge >= 0.3 is 6.18 Å². The number of aryl methyl sites for hydroxylation is 1. The molecular weight excluding hydrogens is 380 g/mol. The van der Waals surface area contributed by atoms with Crippen LogP contribution in [0.5, 0.6) is 0 Å². The third-order valence-electron chi connectivity index (χ3n) is 3.37. The molecule has 1 unspecified atom stereocenters. The van der Waals surface area contributed by atoms with Crippen molar-refractivity contribution in [2.24, 2.45) is 0 Å². The van der Waals surface area contributed by atoms with E-state index in [4.69, 9.17) is 11.6 Å². The number of nitrogens with zero attached hydrogens (tertiary/aromatic N) is 3. The second-order valence-corrected chi connectivity index (χ2v) is 6.39. The number of halogens is 5. The van der Waals surface area contributed by atoms with E-state index in [0.29, 0.717) is 28.4 Å². The molecule has 1 atom stereocenters. The first kappa shape index (κ1) is 18.0. The van der Waals surface area contributed by atoms with Gasteiger partial charge in [-0.05, 0) is 48.7 Å². The minimum absolute atomic E-state index is 0.0982. The Morgan fingerprint density at radius 2 is 1.84 bits per heavy atom. The normalized spacial score (nSPS) is 13.4. The summed E-state index contributed by atoms with van der Waals surface area (Å²) in [5, 5.41) is 4.73. The van der Waals surface area contributed by atoms with E-state index in [2.05, 4.69) is 14.8 Å². The van der Waals surface area contributed by atoms with Crippen LogP contribution in [-0.2, 0) is 0 Å². The second kappa shape index (κ2) is 6.81. The fourth-order valence-electron chi connectivity index (χ4n) is 2.15. The Kier molecular flexibility index (Phi) is 4.90. The van der Waals surface area contributed by atoms with E-state index >= 15 is 0 Å². The minimum atomic E-state index is -4.56. The van der Waals surface area contributed by atoms with Gasteiger partial charge < -0.3 is 0 Å². The molecule has 0 aliphatic carbocycles. The fraction of sp³-hybridized carbons (Fsp3) is 0.200. The fourth-order valence-corrected chi connectivity index (χ4v) is 3.09. The van der Waals surface area contributed by atoms with E-state index in [1.54, 1.807) is 13.0 Å². The van der Waals surface area contributed by atoms with Crippen LogP contribution in [0, 0.1) is 12.7 Å². The number of rotatable bonds is 4. The lowest BCUT2D eigenvalue weighted by Gasteiger charge is -2.21. The molecule has 0 saturated heterocycles. The zero-order chi connectivity index (χ0) is 18.2. The van der Waals surface area contributed by atoms with E-state index in [1.807, 2.05) is 0 Å². The van der Waals surface area contributed by atoms with Crippen molar-refractivity contribution in [3.8, 4) is 0 Å². The molecule has 25 heavy (non-hydrogen) atoms. The number of fused-ring (bicyclic) bond motifs is 1. The lowest BCUT2D eigenvalue weighted by molar-refractivity contribution is -0.152. The first-order chi connectivity index (χ1) is 11.8. The highest BCUT2D eigenvalue weighted by atomic mass is 35.5. The summed E-state index contributed by atoms with van der Waals surface area (Å²) in [7, 11) is 0. The van der Waals surface area contributed by atoms with E-state index in [-0.39, 0.29) is 10.6 Å². The lowest BCUT2D eigenvalue weighted by atomic mass is 10.1. The summed E-state index contributed by atoms with van der Waals surface area (Å²) >= 11 is 6.76. The van der Waals surface area contributed by atoms with Crippen molar-refractivity contribution in [3.05, 3.63) is 58.6 Å². The Balaban J connectivity index is 1.83. The lowest BCUT2D eigenvalue weighted by Crippen LogP contribution is -2.30. The Hall–Kier alpha value is -1.84. The van der Waals surface area contributed by atoms with Crippen LogP contribution in [0.1, 0.15) is 17.3 Å². The molecule has 0 fully saturated rings. The van der Waals surface area contributed by atoms with Crippen molar-refractivity contribution in [2.75, 3.05) is 0 Å². The van der Waals surface area contributed by atoms with E-state index in [0.717, 1.165) is 24.3 Å². The van der Waals surface area contributed by atoms with E-state index in [1.165, 1.54) is 10.6 Å². The van der Waals surface area contributed by atoms with Crippen molar-refractivity contribution in [2.45, 2.75) is 24.2 Å². The number of alkyl halides is 3. The highest BCUT2D eigenvalue weighted by Crippen LogP contribution is 2.35. The molecule has 10 heteroatoms. The van der Waals surface area contributed by atoms with Gasteiger partial charge in [-0.1, -0.05) is 23.7 Å². The number of nitrogens with one attached hydrogen (secondary N) is 1. The van der Waals surface area contributed by atoms with Gasteiger partial charge in [-0.15, -0.1) is 0 Å². The molecule has 0 bridgehead atoms. The Morgan fingerprint density at radius 1 is 1.16 bits per heavy atom. The molecule has 132 valence electrons. The number of hydrogen-bond acceptors (Lipinski definition) is 4. The van der Waals surface area contributed by atoms with Crippen molar-refractivity contribution >= 4 is 29.2 Å². The number of aromatic nitrogens is 3. The van der Waals surface area contributed by atoms with Crippen LogP contribution >= 0.6 is 23.5 Å². The van der Waals surface area contributed by atoms with Gasteiger partial charge in [0.15, 0.2) is 10.8 Å². The first-order valence-corrected chi connectivity index (χ1v) is 8.21. The van der Waals surface area contributed by atoms with Crippen molar-refractivity contribution < 1.29 is 17.6 Å². The minimum Gasteiger partial charge on any atom is -0.242 e. The van der Waals surface area contributed by atoms with Gasteiger partial charge in [0, 0.05) is 0 Å². The highest BCUT2D eigenvalue weighted by Gasteiger charge is 2.41. The molecule has 2 aromatic heterocycles. The number of benzene rings is 1. The van der Waals surface area contributed by atoms with Crippen LogP contribution in [-0.4, -0.2) is 20.8 Å². The molecular formula is C15H11ClF4N4S. The van der Waals surface area contributed by atoms with Gasteiger partial charge in [-0.3, -0.25) is 0 Å². The van der Waals surface area contributed by atoms with Crippen molar-refractivity contribution in [3.63, 3.8) is 0 Å². The van der Waals surface area contributed by atoms with Gasteiger partial charge in [0.05, 0.1) is 5.69 Å². The molecule has 0 spiro atoms. The van der Waals surface area contributed by atoms with Crippen LogP contribution in [0.3, 0.4) is 0 Å². The monoisotopic (exact) mass is 390 g/mol. The molecule has 0 saturated carbocycles. The highest BCUT2D eigenvalue weighted by molar-refractivity contribution is 7.97. The SMILES string of the molecule is Cc1nc2ccc(SNC(c3ccc(F)cc3)C(F)(F)F)nn2c1Cl. The topological polar surface area (TPSA) is 42.2 Å². The molecule has 0 aliphatic heterocycles. The third kappa shape index (κ3) is 3.88. The Bertz CT molecular complexity index is 895. The van der Waals surface area contributed by atoms with Crippen molar-refractivity contribution in [1.29, 1.82) is 0 Å². The van der Waals surface area contributed by atoms with Crippen LogP contribution < -0.4 is 4.72 Å². The summed E-state index contributed by atoms with van der Waals surface area (Å²) in [6, 6.07) is 5.32. The standard InChI is InChI=1S/C15H11ClF4N4S/c1-8-14(16)24-11(21-8)6-7-12(22-24)25-23-13(15(18,19)20)9-2-4-10(17)5-3-9/h2-7,13,23H,1H3. The summed E-state index contributed by atoms with van der Waals surface area (Å²) in [4.78, 5) is 4.17. The largest absolute Gasteiger partial charge is 0.408 e. The van der Waals surface area contributed by atoms with Crippen LogP contribution in [0.25, 0.3) is 5.65 Å². The first-order valence-electron chi connectivity index (χ1n) is 7.02. The van der Waals surface area contributed by atoms with Crippen LogP contribution in [0.4, 0.5) is 17.6 Å². The van der Waals surface area contributed by atoms with Gasteiger partial charge in [-0.2, -0.15) is 18.3 Å². The van der Waals surface area contributed by atoms with Crippen LogP contribution in [0.2, 0.25) is 5.15 Å². The van der Waals surface area contributed by atoms with Gasteiger partial charge in [0.1, 0.15) is 16.9 Å². The Labute approximate surface area is 149 Å². The molecule has 3 aromatic rings. The summed E-state index contributed by atoms with van der Waals surface area (Å²) < 4.78 is 56.5. The maximum atomic E-state index is 13.3. The zero-order valence-corrected chi connectivity index (χ0v) is 14.3. The smallest absolute Gasteiger partial charge is 0.242 e. The molecule has 0 radical (unpaired) electrons. The zero-order valence-electron chi connectivity index (χ0n) is 12.7. The van der Waals surface area contributed by atoms with Gasteiger partial charge in [0.25, 0.3) is 0 Å². The number of hydrogen-bond donors (Lipinski definition) is 1. The molecule has 0 aliphatic rings. The molecule has 4 nitrogen and oxygen atoms in total. The second-order valence-electron chi connectivity index (χ2n) is 5.18. The van der Waals surface area contributed by atoms with E-state index in [9.17, 15) is 17.6 Å². The summed E-state index contributed by atoms with van der Waals surface area (Å²) in [5.74, 6) is -0.602. The maximum absolute atomic E-state index is 13.3. The quantitative estimate of drug-likeness (QED) is 0.516. The van der Waals surface area contributed by atoms with Gasteiger partial charge in [-0.25, -0.2) is 18.6 Å². The average molecular weight is 391 g/mol. The number of imidazole rings is 1. The molecule has 1 aromatic carbocycles. The summed E-state index contributed by atoms with van der Waals surface area (Å²) in [5.41, 5.74) is 0.973. The Morgan fingerprint density at radius 3 is 2.48 bits per heavy atom. The predicted octanol–water partition coefficient (Wildman–Crippen LogP) is 4.73. The van der Waals surface area contributed by atoms with E-state index < -0.39 is 18.0 Å². The molecule has 2 heterocycles. The van der Waals surface area contributed by atoms with Crippen molar-refractivity contribution in [1.82, 2.24) is 19.3 Å². The third-order valence-corrected chi connectivity index (χ3v) is 4.58. The molecule has 3 rings (SSSR count). The average Bonchev–Trinajstić information content (AvgIpc) is 2.83. The van der Waals surface area contributed by atoms with Gasteiger partial charge in [0.2, 0.25) is 0 Å². The summed E-state index contributed by atoms with van der Waals surface area (Å²) in [6.07, 6.45) is -4.56. The summed E-state index contributed by atoms with van der Waals surface area (Å²) in [6.45, 7) is 1.70. The van der Waals surface area contributed by atoms with Crippen LogP contribution in [0.15, 0.2) is 41.4 Å². The maximum Gasteiger partial charge on any atom is 0.408 e. The molecule has 0 amide bonds. The predicted molar refractivity (Wildman–Crippen MR) is 86.9 cm³/mol. The molecule has 1 N–H and O–H groups in total.